The van der Waals surface area contributed by atoms with E-state index in [1.165, 1.54) is 0 Å². The van der Waals surface area contributed by atoms with Gasteiger partial charge in [0.25, 0.3) is 5.91 Å². The highest BCUT2D eigenvalue weighted by molar-refractivity contribution is 5.81. The molecule has 0 spiro atoms. The molecule has 2 aromatic rings. The Bertz CT molecular complexity index is 626. The number of ether oxygens (including phenoxy) is 1. The molecule has 23 heavy (non-hydrogen) atoms. The average Bonchev–Trinajstić information content (AvgIpc) is 2.59. The van der Waals surface area contributed by atoms with Crippen molar-refractivity contribution in [3.05, 3.63) is 71.8 Å². The summed E-state index contributed by atoms with van der Waals surface area (Å²) in [7, 11) is 0. The minimum absolute atomic E-state index is 0.175. The van der Waals surface area contributed by atoms with Crippen LogP contribution >= 0.6 is 0 Å². The lowest BCUT2D eigenvalue weighted by molar-refractivity contribution is -0.147. The van der Waals surface area contributed by atoms with Gasteiger partial charge in [-0.15, -0.1) is 0 Å². The van der Waals surface area contributed by atoms with Gasteiger partial charge in [-0.2, -0.15) is 0 Å². The standard InChI is InChI=1S/C19H21NO3/c1-15(17-10-6-3-7-11-17)13-20-18(21)14-23-19(22)12-16-8-4-2-5-9-16/h2-11,15H,12-14H2,1H3,(H,20,21)/t15-/m1/s1. The number of nitrogens with one attached hydrogen (secondary N) is 1. The Morgan fingerprint density at radius 3 is 2.26 bits per heavy atom. The van der Waals surface area contributed by atoms with Crippen LogP contribution in [0.25, 0.3) is 0 Å². The third kappa shape index (κ3) is 5.94. The van der Waals surface area contributed by atoms with Gasteiger partial charge < -0.3 is 10.1 Å². The molecule has 120 valence electrons. The monoisotopic (exact) mass is 311 g/mol. The van der Waals surface area contributed by atoms with Gasteiger partial charge in [0.2, 0.25) is 0 Å². The summed E-state index contributed by atoms with van der Waals surface area (Å²) in [6.07, 6.45) is 0.175. The molecule has 0 radical (unpaired) electrons. The zero-order valence-corrected chi connectivity index (χ0v) is 13.2. The normalized spacial score (nSPS) is 11.5. The second-order valence-corrected chi connectivity index (χ2v) is 5.44. The maximum atomic E-state index is 11.7. The zero-order chi connectivity index (χ0) is 16.5. The Hall–Kier alpha value is -2.62. The minimum atomic E-state index is -0.401. The van der Waals surface area contributed by atoms with E-state index in [0.29, 0.717) is 6.54 Å². The molecule has 0 aliphatic heterocycles. The lowest BCUT2D eigenvalue weighted by atomic mass is 10.0. The molecular formula is C19H21NO3. The second-order valence-electron chi connectivity index (χ2n) is 5.44. The Kier molecular flexibility index (Phi) is 6.36. The van der Waals surface area contributed by atoms with E-state index in [0.717, 1.165) is 11.1 Å². The summed E-state index contributed by atoms with van der Waals surface area (Å²) >= 11 is 0. The van der Waals surface area contributed by atoms with E-state index in [-0.39, 0.29) is 24.9 Å². The molecule has 1 atom stereocenters. The van der Waals surface area contributed by atoms with Crippen LogP contribution in [0.5, 0.6) is 0 Å². The number of carbonyl (C=O) groups is 2. The molecule has 1 amide bonds. The van der Waals surface area contributed by atoms with Crippen LogP contribution in [-0.4, -0.2) is 25.0 Å². The molecule has 4 heteroatoms. The Morgan fingerprint density at radius 1 is 1.00 bits per heavy atom. The van der Waals surface area contributed by atoms with Crippen molar-refractivity contribution >= 4 is 11.9 Å². The maximum absolute atomic E-state index is 11.7. The Morgan fingerprint density at radius 2 is 1.61 bits per heavy atom. The highest BCUT2D eigenvalue weighted by Gasteiger charge is 2.10. The van der Waals surface area contributed by atoms with Crippen LogP contribution < -0.4 is 5.32 Å². The van der Waals surface area contributed by atoms with Crippen LogP contribution in [0.2, 0.25) is 0 Å². The van der Waals surface area contributed by atoms with E-state index >= 15 is 0 Å². The van der Waals surface area contributed by atoms with Crippen molar-refractivity contribution in [3.63, 3.8) is 0 Å². The van der Waals surface area contributed by atoms with Gasteiger partial charge in [0.15, 0.2) is 6.61 Å². The molecule has 0 saturated heterocycles. The van der Waals surface area contributed by atoms with E-state index < -0.39 is 5.97 Å². The van der Waals surface area contributed by atoms with Crippen molar-refractivity contribution in [2.24, 2.45) is 0 Å². The molecule has 0 saturated carbocycles. The molecule has 0 unspecified atom stereocenters. The summed E-state index contributed by atoms with van der Waals surface area (Å²) in [4.78, 5) is 23.4. The van der Waals surface area contributed by atoms with Crippen LogP contribution in [0.1, 0.15) is 24.0 Å². The fraction of sp³-hybridized carbons (Fsp3) is 0.263. The van der Waals surface area contributed by atoms with E-state index in [4.69, 9.17) is 4.74 Å². The van der Waals surface area contributed by atoms with E-state index in [1.54, 1.807) is 0 Å². The summed E-state index contributed by atoms with van der Waals surface area (Å²) in [5, 5.41) is 2.78. The largest absolute Gasteiger partial charge is 0.455 e. The maximum Gasteiger partial charge on any atom is 0.310 e. The van der Waals surface area contributed by atoms with Crippen molar-refractivity contribution in [3.8, 4) is 0 Å². The number of hydrogen-bond acceptors (Lipinski definition) is 3. The fourth-order valence-corrected chi connectivity index (χ4v) is 2.18. The number of esters is 1. The zero-order valence-electron chi connectivity index (χ0n) is 13.2. The summed E-state index contributed by atoms with van der Waals surface area (Å²) in [6, 6.07) is 19.3. The van der Waals surface area contributed by atoms with Gasteiger partial charge in [0.05, 0.1) is 6.42 Å². The molecule has 0 aliphatic rings. The Labute approximate surface area is 136 Å². The predicted molar refractivity (Wildman–Crippen MR) is 89.0 cm³/mol. The molecule has 2 aromatic carbocycles. The van der Waals surface area contributed by atoms with E-state index in [2.05, 4.69) is 5.32 Å². The van der Waals surface area contributed by atoms with Crippen LogP contribution in [0.15, 0.2) is 60.7 Å². The fourth-order valence-electron chi connectivity index (χ4n) is 2.18. The van der Waals surface area contributed by atoms with Gasteiger partial charge in [-0.25, -0.2) is 0 Å². The molecular weight excluding hydrogens is 290 g/mol. The van der Waals surface area contributed by atoms with Crippen LogP contribution in [0.3, 0.4) is 0 Å². The molecule has 0 fully saturated rings. The molecule has 4 nitrogen and oxygen atoms in total. The molecule has 0 bridgehead atoms. The Balaban J connectivity index is 1.68. The highest BCUT2D eigenvalue weighted by atomic mass is 16.5. The average molecular weight is 311 g/mol. The number of hydrogen-bond donors (Lipinski definition) is 1. The lowest BCUT2D eigenvalue weighted by Crippen LogP contribution is -2.31. The first kappa shape index (κ1) is 16.7. The third-order valence-electron chi connectivity index (χ3n) is 3.53. The number of carbonyl (C=O) groups excluding carboxylic acids is 2. The second kappa shape index (κ2) is 8.73. The number of rotatable bonds is 7. The quantitative estimate of drug-likeness (QED) is 0.800. The minimum Gasteiger partial charge on any atom is -0.455 e. The van der Waals surface area contributed by atoms with Crippen molar-refractivity contribution in [2.45, 2.75) is 19.3 Å². The van der Waals surface area contributed by atoms with E-state index in [1.807, 2.05) is 67.6 Å². The number of amides is 1. The first-order valence-electron chi connectivity index (χ1n) is 7.66. The van der Waals surface area contributed by atoms with Gasteiger partial charge in [-0.3, -0.25) is 9.59 Å². The van der Waals surface area contributed by atoms with Gasteiger partial charge in [-0.1, -0.05) is 67.6 Å². The van der Waals surface area contributed by atoms with E-state index in [9.17, 15) is 9.59 Å². The van der Waals surface area contributed by atoms with Gasteiger partial charge >= 0.3 is 5.97 Å². The summed E-state index contributed by atoms with van der Waals surface area (Å²) in [5.41, 5.74) is 2.03. The summed E-state index contributed by atoms with van der Waals surface area (Å²) in [6.45, 7) is 2.31. The molecule has 0 aromatic heterocycles. The first-order valence-corrected chi connectivity index (χ1v) is 7.66. The van der Waals surface area contributed by atoms with Crippen LogP contribution in [-0.2, 0) is 20.7 Å². The topological polar surface area (TPSA) is 55.4 Å². The van der Waals surface area contributed by atoms with Crippen LogP contribution in [0.4, 0.5) is 0 Å². The third-order valence-corrected chi connectivity index (χ3v) is 3.53. The molecule has 0 heterocycles. The first-order chi connectivity index (χ1) is 11.1. The predicted octanol–water partition coefficient (Wildman–Crippen LogP) is 2.69. The van der Waals surface area contributed by atoms with Crippen molar-refractivity contribution in [2.75, 3.05) is 13.2 Å². The molecule has 2 rings (SSSR count). The number of benzene rings is 2. The van der Waals surface area contributed by atoms with Crippen molar-refractivity contribution < 1.29 is 14.3 Å². The van der Waals surface area contributed by atoms with Crippen LogP contribution in [0, 0.1) is 0 Å². The van der Waals surface area contributed by atoms with Gasteiger partial charge in [0, 0.05) is 6.54 Å². The van der Waals surface area contributed by atoms with Crippen molar-refractivity contribution in [1.82, 2.24) is 5.32 Å². The molecule has 0 aliphatic carbocycles. The van der Waals surface area contributed by atoms with Gasteiger partial charge in [-0.05, 0) is 17.0 Å². The molecule has 1 N–H and O–H groups in total. The highest BCUT2D eigenvalue weighted by Crippen LogP contribution is 2.12. The smallest absolute Gasteiger partial charge is 0.310 e. The van der Waals surface area contributed by atoms with Crippen molar-refractivity contribution in [1.29, 1.82) is 0 Å². The SMILES string of the molecule is C[C@H](CNC(=O)COC(=O)Cc1ccccc1)c1ccccc1. The van der Waals surface area contributed by atoms with Gasteiger partial charge in [0.1, 0.15) is 0 Å². The summed E-state index contributed by atoms with van der Waals surface area (Å²) in [5.74, 6) is -0.475. The summed E-state index contributed by atoms with van der Waals surface area (Å²) < 4.78 is 4.99. The lowest BCUT2D eigenvalue weighted by Gasteiger charge is -2.13.